The van der Waals surface area contributed by atoms with E-state index in [0.717, 1.165) is 63.6 Å². The number of nitrogens with one attached hydrogen (secondary N) is 3. The SMILES string of the molecule is C=C(O)CN(CCCCCCCCCCC(=O)NCCCCC(NC(=O)N[C@@H](CCC(=O)O)C(=O)O)C(=O)O)Cc1ccccn1. The number of carboxylic acids is 3. The topological polar surface area (TPSA) is 218 Å². The Morgan fingerprint density at radius 2 is 1.37 bits per heavy atom. The number of amides is 3. The molecule has 0 spiro atoms. The number of urea groups is 1. The Morgan fingerprint density at radius 1 is 0.761 bits per heavy atom. The van der Waals surface area contributed by atoms with E-state index in [1.54, 1.807) is 6.20 Å². The first-order chi connectivity index (χ1) is 22.0. The summed E-state index contributed by atoms with van der Waals surface area (Å²) in [5, 5.41) is 43.9. The largest absolute Gasteiger partial charge is 0.512 e. The molecule has 2 atom stereocenters. The first-order valence-electron chi connectivity index (χ1n) is 16.0. The summed E-state index contributed by atoms with van der Waals surface area (Å²) in [4.78, 5) is 64.0. The number of aromatic nitrogens is 1. The second-order valence-corrected chi connectivity index (χ2v) is 11.4. The van der Waals surface area contributed by atoms with Crippen molar-refractivity contribution in [1.29, 1.82) is 0 Å². The van der Waals surface area contributed by atoms with Crippen molar-refractivity contribution in [2.45, 2.75) is 109 Å². The summed E-state index contributed by atoms with van der Waals surface area (Å²) in [5.41, 5.74) is 0.964. The van der Waals surface area contributed by atoms with E-state index < -0.39 is 42.4 Å². The molecule has 1 rings (SSSR count). The summed E-state index contributed by atoms with van der Waals surface area (Å²) in [7, 11) is 0. The van der Waals surface area contributed by atoms with Gasteiger partial charge in [-0.1, -0.05) is 51.2 Å². The number of aliphatic hydroxyl groups is 1. The fourth-order valence-corrected chi connectivity index (χ4v) is 4.80. The summed E-state index contributed by atoms with van der Waals surface area (Å²) in [6.07, 6.45) is 10.7. The summed E-state index contributed by atoms with van der Waals surface area (Å²) >= 11 is 0. The maximum atomic E-state index is 12.1. The van der Waals surface area contributed by atoms with Crippen LogP contribution in [0.2, 0.25) is 0 Å². The first kappa shape index (κ1) is 39.8. The predicted molar refractivity (Wildman–Crippen MR) is 171 cm³/mol. The van der Waals surface area contributed by atoms with Crippen molar-refractivity contribution >= 4 is 29.8 Å². The van der Waals surface area contributed by atoms with Gasteiger partial charge in [-0.15, -0.1) is 0 Å². The lowest BCUT2D eigenvalue weighted by atomic mass is 10.1. The van der Waals surface area contributed by atoms with E-state index in [1.807, 2.05) is 18.2 Å². The predicted octanol–water partition coefficient (Wildman–Crippen LogP) is 3.82. The molecule has 14 heteroatoms. The van der Waals surface area contributed by atoms with Gasteiger partial charge in [-0.2, -0.15) is 0 Å². The molecule has 0 aliphatic carbocycles. The second kappa shape index (κ2) is 24.1. The van der Waals surface area contributed by atoms with Gasteiger partial charge in [-0.3, -0.25) is 19.5 Å². The van der Waals surface area contributed by atoms with E-state index in [1.165, 1.54) is 0 Å². The molecule has 0 fully saturated rings. The van der Waals surface area contributed by atoms with Gasteiger partial charge < -0.3 is 36.4 Å². The Kier molecular flexibility index (Phi) is 20.9. The van der Waals surface area contributed by atoms with Crippen molar-refractivity contribution in [2.75, 3.05) is 19.6 Å². The average Bonchev–Trinajstić information content (AvgIpc) is 2.99. The molecule has 0 saturated heterocycles. The molecular formula is C32H51N5O9. The standard InChI is InChI=1S/C32H51N5O9/c1-24(38)22-37(23-25-14-9-11-19-33-25)21-13-7-5-3-2-4-6-8-16-28(39)34-20-12-10-15-26(30(42)43)35-32(46)36-27(31(44)45)17-18-29(40)41/h9,11,14,19,26-27,38H,1-8,10,12-13,15-18,20-23H2,(H,34,39)(H,40,41)(H,42,43)(H,44,45)(H2,35,36,46)/t26?,27-/m0/s1. The van der Waals surface area contributed by atoms with Gasteiger partial charge >= 0.3 is 23.9 Å². The lowest BCUT2D eigenvalue weighted by molar-refractivity contribution is -0.140. The molecule has 0 aliphatic rings. The second-order valence-electron chi connectivity index (χ2n) is 11.4. The van der Waals surface area contributed by atoms with E-state index in [-0.39, 0.29) is 24.5 Å². The molecule has 0 aliphatic heterocycles. The zero-order valence-corrected chi connectivity index (χ0v) is 26.6. The van der Waals surface area contributed by atoms with Gasteiger partial charge in [0.05, 0.1) is 18.0 Å². The van der Waals surface area contributed by atoms with E-state index in [4.69, 9.17) is 10.2 Å². The number of unbranched alkanes of at least 4 members (excludes halogenated alkanes) is 8. The van der Waals surface area contributed by atoms with Gasteiger partial charge in [0.2, 0.25) is 5.91 Å². The molecule has 1 aromatic rings. The zero-order valence-electron chi connectivity index (χ0n) is 26.6. The van der Waals surface area contributed by atoms with Crippen LogP contribution in [-0.2, 0) is 25.7 Å². The van der Waals surface area contributed by atoms with E-state index in [2.05, 4.69) is 32.4 Å². The van der Waals surface area contributed by atoms with Crippen LogP contribution in [0.15, 0.2) is 36.7 Å². The number of carbonyl (C=O) groups excluding carboxylic acids is 2. The lowest BCUT2D eigenvalue weighted by Crippen LogP contribution is -2.51. The van der Waals surface area contributed by atoms with Gasteiger partial charge in [0, 0.05) is 32.1 Å². The molecule has 14 nitrogen and oxygen atoms in total. The van der Waals surface area contributed by atoms with Crippen LogP contribution in [0.25, 0.3) is 0 Å². The van der Waals surface area contributed by atoms with Crippen molar-refractivity contribution in [3.63, 3.8) is 0 Å². The maximum absolute atomic E-state index is 12.1. The number of carbonyl (C=O) groups is 5. The number of hydrogen-bond acceptors (Lipinski definition) is 8. The third kappa shape index (κ3) is 20.7. The van der Waals surface area contributed by atoms with Crippen molar-refractivity contribution in [3.05, 3.63) is 42.4 Å². The van der Waals surface area contributed by atoms with E-state index in [9.17, 15) is 34.2 Å². The normalized spacial score (nSPS) is 12.2. The minimum Gasteiger partial charge on any atom is -0.512 e. The van der Waals surface area contributed by atoms with Crippen LogP contribution in [0.3, 0.4) is 0 Å². The number of aliphatic carboxylic acids is 3. The maximum Gasteiger partial charge on any atom is 0.326 e. The summed E-state index contributed by atoms with van der Waals surface area (Å²) in [6.45, 7) is 5.96. The molecule has 46 heavy (non-hydrogen) atoms. The average molecular weight is 650 g/mol. The molecule has 7 N–H and O–H groups in total. The van der Waals surface area contributed by atoms with Gasteiger partial charge in [0.1, 0.15) is 12.1 Å². The quantitative estimate of drug-likeness (QED) is 0.0536. The molecule has 3 amide bonds. The number of nitrogens with zero attached hydrogens (tertiary/aromatic N) is 2. The van der Waals surface area contributed by atoms with Crippen molar-refractivity contribution in [1.82, 2.24) is 25.8 Å². The number of hydrogen-bond donors (Lipinski definition) is 7. The first-order valence-corrected chi connectivity index (χ1v) is 16.0. The molecule has 0 aromatic carbocycles. The fraction of sp³-hybridized carbons (Fsp3) is 0.625. The van der Waals surface area contributed by atoms with Crippen molar-refractivity contribution in [2.24, 2.45) is 0 Å². The highest BCUT2D eigenvalue weighted by Gasteiger charge is 2.24. The summed E-state index contributed by atoms with van der Waals surface area (Å²) in [5.74, 6) is -3.84. The minimum absolute atomic E-state index is 0.0609. The fourth-order valence-electron chi connectivity index (χ4n) is 4.80. The Labute approximate surface area is 270 Å². The monoisotopic (exact) mass is 649 g/mol. The molecule has 1 unspecified atom stereocenters. The zero-order chi connectivity index (χ0) is 34.2. The van der Waals surface area contributed by atoms with Crippen LogP contribution in [0.4, 0.5) is 4.79 Å². The Morgan fingerprint density at radius 3 is 1.93 bits per heavy atom. The molecule has 0 bridgehead atoms. The van der Waals surface area contributed by atoms with Gasteiger partial charge in [0.25, 0.3) is 0 Å². The van der Waals surface area contributed by atoms with Crippen molar-refractivity contribution < 1.29 is 44.4 Å². The van der Waals surface area contributed by atoms with Gasteiger partial charge in [0.15, 0.2) is 0 Å². The lowest BCUT2D eigenvalue weighted by Gasteiger charge is -2.21. The molecule has 0 radical (unpaired) electrons. The van der Waals surface area contributed by atoms with Crippen LogP contribution >= 0.6 is 0 Å². The van der Waals surface area contributed by atoms with Crippen LogP contribution in [-0.4, -0.2) is 91.9 Å². The number of pyridine rings is 1. The third-order valence-corrected chi connectivity index (χ3v) is 7.24. The van der Waals surface area contributed by atoms with Crippen molar-refractivity contribution in [3.8, 4) is 0 Å². The van der Waals surface area contributed by atoms with Gasteiger partial charge in [-0.05, 0) is 57.2 Å². The van der Waals surface area contributed by atoms with Crippen LogP contribution in [0, 0.1) is 0 Å². The van der Waals surface area contributed by atoms with Crippen LogP contribution < -0.4 is 16.0 Å². The Balaban J connectivity index is 2.10. The smallest absolute Gasteiger partial charge is 0.326 e. The number of aliphatic hydroxyl groups excluding tert-OH is 1. The molecule has 0 saturated carbocycles. The minimum atomic E-state index is -1.46. The van der Waals surface area contributed by atoms with E-state index in [0.29, 0.717) is 38.9 Å². The van der Waals surface area contributed by atoms with Crippen LogP contribution in [0.5, 0.6) is 0 Å². The molecule has 1 heterocycles. The molecule has 1 aromatic heterocycles. The highest BCUT2D eigenvalue weighted by Crippen LogP contribution is 2.12. The third-order valence-electron chi connectivity index (χ3n) is 7.24. The summed E-state index contributed by atoms with van der Waals surface area (Å²) < 4.78 is 0. The Bertz CT molecular complexity index is 1090. The number of carboxylic acid groups (broad SMARTS) is 3. The van der Waals surface area contributed by atoms with E-state index >= 15 is 0 Å². The highest BCUT2D eigenvalue weighted by atomic mass is 16.4. The molecular weight excluding hydrogens is 598 g/mol. The molecule has 258 valence electrons. The summed E-state index contributed by atoms with van der Waals surface area (Å²) in [6, 6.07) is 2.07. The highest BCUT2D eigenvalue weighted by molar-refractivity contribution is 5.86. The number of rotatable bonds is 27. The van der Waals surface area contributed by atoms with Crippen LogP contribution in [0.1, 0.15) is 95.6 Å². The Hall–Kier alpha value is -4.20. The van der Waals surface area contributed by atoms with Gasteiger partial charge in [-0.25, -0.2) is 14.4 Å².